The average Bonchev–Trinajstić information content (AvgIpc) is 2.70. The summed E-state index contributed by atoms with van der Waals surface area (Å²) in [5.74, 6) is 1.72. The summed E-state index contributed by atoms with van der Waals surface area (Å²) in [6.45, 7) is 5.11. The molecule has 0 atom stereocenters. The van der Waals surface area contributed by atoms with Crippen LogP contribution in [-0.2, 0) is 13.0 Å². The molecule has 0 saturated carbocycles. The molecule has 1 aromatic heterocycles. The Morgan fingerprint density at radius 2 is 2.11 bits per heavy atom. The highest BCUT2D eigenvalue weighted by atomic mass is 79.9. The van der Waals surface area contributed by atoms with Crippen LogP contribution >= 0.6 is 27.5 Å². The Balaban J connectivity index is 2.59. The van der Waals surface area contributed by atoms with Gasteiger partial charge in [0, 0.05) is 28.0 Å². The molecule has 2 rings (SSSR count). The van der Waals surface area contributed by atoms with Gasteiger partial charge in [0.05, 0.1) is 0 Å². The molecule has 1 heterocycles. The Morgan fingerprint density at radius 3 is 2.74 bits per heavy atom. The van der Waals surface area contributed by atoms with Crippen LogP contribution in [0.25, 0.3) is 11.3 Å². The molecule has 2 aromatic rings. The molecule has 0 fully saturated rings. The van der Waals surface area contributed by atoms with Gasteiger partial charge in [-0.2, -0.15) is 0 Å². The number of hydrogen-bond donors (Lipinski definition) is 1. The Labute approximate surface area is 126 Å². The monoisotopic (exact) mass is 341 g/mol. The van der Waals surface area contributed by atoms with E-state index in [1.807, 2.05) is 18.2 Å². The Kier molecular flexibility index (Phi) is 4.53. The molecule has 1 aromatic carbocycles. The highest BCUT2D eigenvalue weighted by Crippen LogP contribution is 2.34. The molecule has 0 bridgehead atoms. The molecule has 0 aliphatic rings. The third-order valence-corrected chi connectivity index (χ3v) is 3.96. The smallest absolute Gasteiger partial charge is 0.131 e. The summed E-state index contributed by atoms with van der Waals surface area (Å²) >= 11 is 9.60. The Hall–Kier alpha value is -1.00. The van der Waals surface area contributed by atoms with Gasteiger partial charge in [0.25, 0.3) is 0 Å². The van der Waals surface area contributed by atoms with Crippen LogP contribution in [0, 0.1) is 0 Å². The second kappa shape index (κ2) is 5.97. The van der Waals surface area contributed by atoms with Crippen molar-refractivity contribution in [3.8, 4) is 11.3 Å². The van der Waals surface area contributed by atoms with Crippen molar-refractivity contribution in [3.63, 3.8) is 0 Å². The van der Waals surface area contributed by atoms with Crippen LogP contribution in [0.2, 0.25) is 5.02 Å². The summed E-state index contributed by atoms with van der Waals surface area (Å²) in [5, 5.41) is 0.681. The number of imidazole rings is 1. The van der Waals surface area contributed by atoms with E-state index in [9.17, 15) is 0 Å². The predicted molar refractivity (Wildman–Crippen MR) is 84.5 cm³/mol. The summed E-state index contributed by atoms with van der Waals surface area (Å²) < 4.78 is 3.04. The van der Waals surface area contributed by atoms with Crippen molar-refractivity contribution in [3.05, 3.63) is 33.5 Å². The molecule has 3 nitrogen and oxygen atoms in total. The SMILES string of the molecule is CCCn1c(CC)nc(-c2cc(Cl)ccc2Br)c1N. The van der Waals surface area contributed by atoms with Crippen molar-refractivity contribution in [2.75, 3.05) is 5.73 Å². The van der Waals surface area contributed by atoms with Crippen LogP contribution in [0.3, 0.4) is 0 Å². The Morgan fingerprint density at radius 1 is 1.37 bits per heavy atom. The first-order valence-corrected chi connectivity index (χ1v) is 7.55. The molecule has 2 N–H and O–H groups in total. The molecule has 0 radical (unpaired) electrons. The number of anilines is 1. The first-order valence-electron chi connectivity index (χ1n) is 6.38. The summed E-state index contributed by atoms with van der Waals surface area (Å²) in [4.78, 5) is 4.67. The summed E-state index contributed by atoms with van der Waals surface area (Å²) in [5.41, 5.74) is 8.00. The van der Waals surface area contributed by atoms with Gasteiger partial charge in [0.1, 0.15) is 17.3 Å². The van der Waals surface area contributed by atoms with E-state index in [4.69, 9.17) is 17.3 Å². The van der Waals surface area contributed by atoms with Crippen molar-refractivity contribution < 1.29 is 0 Å². The minimum atomic E-state index is 0.681. The number of aromatic nitrogens is 2. The maximum Gasteiger partial charge on any atom is 0.131 e. The van der Waals surface area contributed by atoms with E-state index >= 15 is 0 Å². The number of nitrogens with zero attached hydrogens (tertiary/aromatic N) is 2. The van der Waals surface area contributed by atoms with Crippen LogP contribution in [0.15, 0.2) is 22.7 Å². The van der Waals surface area contributed by atoms with Crippen molar-refractivity contribution in [1.82, 2.24) is 9.55 Å². The standard InChI is InChI=1S/C14H17BrClN3/c1-3-7-19-12(4-2)18-13(14(19)17)10-8-9(16)5-6-11(10)15/h5-6,8H,3-4,7,17H2,1-2H3. The first-order chi connectivity index (χ1) is 9.08. The largest absolute Gasteiger partial charge is 0.383 e. The van der Waals surface area contributed by atoms with Crippen LogP contribution in [0.1, 0.15) is 26.1 Å². The molecule has 0 spiro atoms. The molecule has 0 aliphatic carbocycles. The molecule has 0 saturated heterocycles. The summed E-state index contributed by atoms with van der Waals surface area (Å²) in [7, 11) is 0. The van der Waals surface area contributed by atoms with Gasteiger partial charge in [-0.1, -0.05) is 41.4 Å². The summed E-state index contributed by atoms with van der Waals surface area (Å²) in [6.07, 6.45) is 1.89. The minimum Gasteiger partial charge on any atom is -0.383 e. The van der Waals surface area contributed by atoms with Gasteiger partial charge in [-0.3, -0.25) is 0 Å². The van der Waals surface area contributed by atoms with Gasteiger partial charge in [0.15, 0.2) is 0 Å². The lowest BCUT2D eigenvalue weighted by Gasteiger charge is -2.07. The van der Waals surface area contributed by atoms with Gasteiger partial charge in [-0.25, -0.2) is 4.98 Å². The molecule has 0 unspecified atom stereocenters. The van der Waals surface area contributed by atoms with E-state index in [0.717, 1.165) is 40.9 Å². The second-order valence-corrected chi connectivity index (χ2v) is 5.68. The lowest BCUT2D eigenvalue weighted by molar-refractivity contribution is 0.650. The molecular weight excluding hydrogens is 326 g/mol. The van der Waals surface area contributed by atoms with Crippen LogP contribution in [0.5, 0.6) is 0 Å². The third kappa shape index (κ3) is 2.79. The van der Waals surface area contributed by atoms with E-state index in [1.165, 1.54) is 0 Å². The van der Waals surface area contributed by atoms with Crippen molar-refractivity contribution in [2.45, 2.75) is 33.2 Å². The summed E-state index contributed by atoms with van der Waals surface area (Å²) in [6, 6.07) is 5.65. The van der Waals surface area contributed by atoms with Crippen molar-refractivity contribution >= 4 is 33.3 Å². The van der Waals surface area contributed by atoms with Crippen LogP contribution in [-0.4, -0.2) is 9.55 Å². The first kappa shape index (κ1) is 14.4. The fourth-order valence-corrected chi connectivity index (χ4v) is 2.74. The third-order valence-electron chi connectivity index (χ3n) is 3.03. The molecular formula is C14H17BrClN3. The Bertz CT molecular complexity index is 593. The fraction of sp³-hybridized carbons (Fsp3) is 0.357. The quantitative estimate of drug-likeness (QED) is 0.887. The number of hydrogen-bond acceptors (Lipinski definition) is 2. The predicted octanol–water partition coefficient (Wildman–Crippen LogP) is 4.52. The molecule has 19 heavy (non-hydrogen) atoms. The molecule has 102 valence electrons. The van der Waals surface area contributed by atoms with Crippen molar-refractivity contribution in [2.24, 2.45) is 0 Å². The lowest BCUT2D eigenvalue weighted by atomic mass is 10.1. The van der Waals surface area contributed by atoms with Gasteiger partial charge in [0.2, 0.25) is 0 Å². The van der Waals surface area contributed by atoms with Crippen LogP contribution in [0.4, 0.5) is 5.82 Å². The highest BCUT2D eigenvalue weighted by molar-refractivity contribution is 9.10. The minimum absolute atomic E-state index is 0.681. The van der Waals surface area contributed by atoms with Gasteiger partial charge >= 0.3 is 0 Å². The number of nitrogen functional groups attached to an aromatic ring is 1. The normalized spacial score (nSPS) is 10.9. The topological polar surface area (TPSA) is 43.8 Å². The number of benzene rings is 1. The fourth-order valence-electron chi connectivity index (χ4n) is 2.13. The van der Waals surface area contributed by atoms with Crippen molar-refractivity contribution in [1.29, 1.82) is 0 Å². The number of aryl methyl sites for hydroxylation is 1. The number of rotatable bonds is 4. The zero-order valence-electron chi connectivity index (χ0n) is 11.1. The molecule has 0 amide bonds. The van der Waals surface area contributed by atoms with Gasteiger partial charge in [-0.15, -0.1) is 0 Å². The maximum absolute atomic E-state index is 6.25. The number of nitrogens with two attached hydrogens (primary N) is 1. The van der Waals surface area contributed by atoms with E-state index in [0.29, 0.717) is 10.8 Å². The average molecular weight is 343 g/mol. The lowest BCUT2D eigenvalue weighted by Crippen LogP contribution is -2.06. The van der Waals surface area contributed by atoms with E-state index in [-0.39, 0.29) is 0 Å². The van der Waals surface area contributed by atoms with E-state index in [2.05, 4.69) is 39.3 Å². The number of halogens is 2. The highest BCUT2D eigenvalue weighted by Gasteiger charge is 2.16. The van der Waals surface area contributed by atoms with E-state index < -0.39 is 0 Å². The molecule has 0 aliphatic heterocycles. The zero-order valence-corrected chi connectivity index (χ0v) is 13.4. The molecule has 5 heteroatoms. The zero-order chi connectivity index (χ0) is 14.0. The van der Waals surface area contributed by atoms with Crippen LogP contribution < -0.4 is 5.73 Å². The second-order valence-electron chi connectivity index (χ2n) is 4.39. The van der Waals surface area contributed by atoms with Gasteiger partial charge in [-0.05, 0) is 24.6 Å². The maximum atomic E-state index is 6.25. The van der Waals surface area contributed by atoms with E-state index in [1.54, 1.807) is 0 Å². The van der Waals surface area contributed by atoms with Gasteiger partial charge < -0.3 is 10.3 Å².